The maximum Gasteiger partial charge on any atom is 0.243 e. The van der Waals surface area contributed by atoms with Gasteiger partial charge in [-0.2, -0.15) is 4.31 Å². The molecule has 0 saturated carbocycles. The number of amides is 1. The molecule has 1 aliphatic heterocycles. The number of thiazole rings is 1. The van der Waals surface area contributed by atoms with Crippen molar-refractivity contribution in [1.82, 2.24) is 14.2 Å². The zero-order valence-corrected chi connectivity index (χ0v) is 20.7. The number of anilines is 1. The number of likely N-dealkylation sites (tertiary alicyclic amines) is 1. The molecule has 33 heavy (non-hydrogen) atoms. The second-order valence-corrected chi connectivity index (χ2v) is 11.3. The van der Waals surface area contributed by atoms with Gasteiger partial charge in [-0.05, 0) is 49.7 Å². The maximum atomic E-state index is 12.8. The van der Waals surface area contributed by atoms with Crippen LogP contribution in [-0.2, 0) is 14.8 Å². The Bertz CT molecular complexity index is 1190. The number of aromatic nitrogens is 1. The highest BCUT2D eigenvalue weighted by Gasteiger charge is 2.26. The molecule has 7 nitrogen and oxygen atoms in total. The van der Waals surface area contributed by atoms with E-state index < -0.39 is 10.0 Å². The van der Waals surface area contributed by atoms with E-state index in [4.69, 9.17) is 4.98 Å². The van der Waals surface area contributed by atoms with E-state index in [-0.39, 0.29) is 17.3 Å². The summed E-state index contributed by atoms with van der Waals surface area (Å²) in [5.41, 5.74) is 1.53. The number of rotatable bonds is 8. The van der Waals surface area contributed by atoms with Crippen LogP contribution in [-0.4, -0.2) is 61.2 Å². The van der Waals surface area contributed by atoms with E-state index in [0.717, 1.165) is 36.5 Å². The third kappa shape index (κ3) is 5.43. The highest BCUT2D eigenvalue weighted by Crippen LogP contribution is 2.32. The zero-order valence-electron chi connectivity index (χ0n) is 19.0. The van der Waals surface area contributed by atoms with Crippen molar-refractivity contribution in [1.29, 1.82) is 0 Å². The van der Waals surface area contributed by atoms with Gasteiger partial charge >= 0.3 is 0 Å². The van der Waals surface area contributed by atoms with Crippen molar-refractivity contribution in [3.05, 3.63) is 53.5 Å². The Morgan fingerprint density at radius 3 is 2.73 bits per heavy atom. The molecule has 2 heterocycles. The van der Waals surface area contributed by atoms with E-state index in [1.165, 1.54) is 15.1 Å². The number of fused-ring (bicyclic) bond motifs is 1. The van der Waals surface area contributed by atoms with Crippen LogP contribution in [0.5, 0.6) is 0 Å². The predicted octanol–water partition coefficient (Wildman–Crippen LogP) is 4.14. The van der Waals surface area contributed by atoms with Crippen LogP contribution in [0.15, 0.2) is 53.4 Å². The highest BCUT2D eigenvalue weighted by atomic mass is 32.2. The number of hydrogen-bond acceptors (Lipinski definition) is 6. The number of hydrogen-bond donors (Lipinski definition) is 1. The zero-order chi connectivity index (χ0) is 23.4. The SMILES string of the molecule is CCN(CC)S(=O)(=O)c1cccc(NC(=O)CN2CCC[C@@H](c3nc4ccccc4s3)C2)c1. The molecule has 0 radical (unpaired) electrons. The first kappa shape index (κ1) is 23.8. The normalized spacial score (nSPS) is 17.5. The lowest BCUT2D eigenvalue weighted by Gasteiger charge is -2.31. The van der Waals surface area contributed by atoms with E-state index in [1.54, 1.807) is 29.5 Å². The Labute approximate surface area is 199 Å². The van der Waals surface area contributed by atoms with Crippen LogP contribution < -0.4 is 5.32 Å². The van der Waals surface area contributed by atoms with Gasteiger partial charge in [0.15, 0.2) is 0 Å². The van der Waals surface area contributed by atoms with Gasteiger partial charge in [0.05, 0.1) is 26.7 Å². The third-order valence-corrected chi connectivity index (χ3v) is 9.24. The van der Waals surface area contributed by atoms with Gasteiger partial charge in [0.2, 0.25) is 15.9 Å². The first-order valence-electron chi connectivity index (χ1n) is 11.4. The molecule has 1 amide bonds. The lowest BCUT2D eigenvalue weighted by Crippen LogP contribution is -2.39. The number of nitrogens with one attached hydrogen (secondary N) is 1. The molecule has 1 saturated heterocycles. The molecule has 1 aliphatic rings. The van der Waals surface area contributed by atoms with Crippen LogP contribution >= 0.6 is 11.3 Å². The minimum absolute atomic E-state index is 0.141. The van der Waals surface area contributed by atoms with Crippen LogP contribution in [0.1, 0.15) is 37.6 Å². The molecular formula is C24H30N4O3S2. The summed E-state index contributed by atoms with van der Waals surface area (Å²) in [5.74, 6) is 0.184. The summed E-state index contributed by atoms with van der Waals surface area (Å²) in [6.07, 6.45) is 2.09. The average Bonchev–Trinajstić information content (AvgIpc) is 3.24. The van der Waals surface area contributed by atoms with Crippen LogP contribution in [0.25, 0.3) is 10.2 Å². The number of carbonyl (C=O) groups excluding carboxylic acids is 1. The second kappa shape index (κ2) is 10.3. The first-order chi connectivity index (χ1) is 15.9. The molecule has 1 atom stereocenters. The Kier molecular flexibility index (Phi) is 7.43. The van der Waals surface area contributed by atoms with Crippen molar-refractivity contribution in [3.63, 3.8) is 0 Å². The van der Waals surface area contributed by atoms with Gasteiger partial charge < -0.3 is 5.32 Å². The summed E-state index contributed by atoms with van der Waals surface area (Å²) in [4.78, 5) is 19.9. The van der Waals surface area contributed by atoms with E-state index in [9.17, 15) is 13.2 Å². The Balaban J connectivity index is 1.39. The summed E-state index contributed by atoms with van der Waals surface area (Å²) in [6, 6.07) is 14.7. The van der Waals surface area contributed by atoms with Gasteiger partial charge in [-0.25, -0.2) is 13.4 Å². The number of piperidine rings is 1. The van der Waals surface area contributed by atoms with Gasteiger partial charge in [0.25, 0.3) is 0 Å². The van der Waals surface area contributed by atoms with Crippen molar-refractivity contribution in [2.75, 3.05) is 38.0 Å². The molecule has 3 aromatic rings. The molecule has 0 aliphatic carbocycles. The number of nitrogens with zero attached hydrogens (tertiary/aromatic N) is 3. The van der Waals surface area contributed by atoms with Crippen molar-refractivity contribution in [2.45, 2.75) is 37.5 Å². The maximum absolute atomic E-state index is 12.8. The first-order valence-corrected chi connectivity index (χ1v) is 13.6. The number of sulfonamides is 1. The Morgan fingerprint density at radius 2 is 1.97 bits per heavy atom. The lowest BCUT2D eigenvalue weighted by atomic mass is 9.99. The van der Waals surface area contributed by atoms with Gasteiger partial charge in [0, 0.05) is 31.2 Å². The highest BCUT2D eigenvalue weighted by molar-refractivity contribution is 7.89. The van der Waals surface area contributed by atoms with E-state index >= 15 is 0 Å². The van der Waals surface area contributed by atoms with Gasteiger partial charge in [0.1, 0.15) is 0 Å². The number of benzene rings is 2. The molecular weight excluding hydrogens is 456 g/mol. The van der Waals surface area contributed by atoms with E-state index in [0.29, 0.717) is 24.7 Å². The van der Waals surface area contributed by atoms with Crippen LogP contribution in [0.3, 0.4) is 0 Å². The fourth-order valence-electron chi connectivity index (χ4n) is 4.32. The second-order valence-electron chi connectivity index (χ2n) is 8.26. The molecule has 1 N–H and O–H groups in total. The topological polar surface area (TPSA) is 82.6 Å². The molecule has 9 heteroatoms. The summed E-state index contributed by atoms with van der Waals surface area (Å²) < 4.78 is 28.2. The van der Waals surface area contributed by atoms with Crippen LogP contribution in [0.2, 0.25) is 0 Å². The molecule has 2 aromatic carbocycles. The fraction of sp³-hybridized carbons (Fsp3) is 0.417. The Hall–Kier alpha value is -2.33. The number of carbonyl (C=O) groups is 1. The van der Waals surface area contributed by atoms with Gasteiger partial charge in [-0.1, -0.05) is 32.0 Å². The predicted molar refractivity (Wildman–Crippen MR) is 133 cm³/mol. The minimum Gasteiger partial charge on any atom is -0.325 e. The van der Waals surface area contributed by atoms with E-state index in [2.05, 4.69) is 16.3 Å². The quantitative estimate of drug-likeness (QED) is 0.517. The molecule has 1 aromatic heterocycles. The average molecular weight is 487 g/mol. The molecule has 0 bridgehead atoms. The smallest absolute Gasteiger partial charge is 0.243 e. The van der Waals surface area contributed by atoms with Crippen molar-refractivity contribution in [2.24, 2.45) is 0 Å². The van der Waals surface area contributed by atoms with E-state index in [1.807, 2.05) is 32.0 Å². The molecule has 0 unspecified atom stereocenters. The lowest BCUT2D eigenvalue weighted by molar-refractivity contribution is -0.117. The van der Waals surface area contributed by atoms with Gasteiger partial charge in [-0.15, -0.1) is 11.3 Å². The molecule has 0 spiro atoms. The Morgan fingerprint density at radius 1 is 1.18 bits per heavy atom. The fourth-order valence-corrected chi connectivity index (χ4v) is 6.91. The van der Waals surface area contributed by atoms with Gasteiger partial charge in [-0.3, -0.25) is 9.69 Å². The summed E-state index contributed by atoms with van der Waals surface area (Å²) in [5, 5.41) is 4.01. The summed E-state index contributed by atoms with van der Waals surface area (Å²) in [6.45, 7) is 6.36. The molecule has 1 fully saturated rings. The van der Waals surface area contributed by atoms with Crippen LogP contribution in [0, 0.1) is 0 Å². The third-order valence-electron chi connectivity index (χ3n) is 5.99. The summed E-state index contributed by atoms with van der Waals surface area (Å²) >= 11 is 1.74. The standard InChI is InChI=1S/C24H30N4O3S2/c1-3-28(4-2)33(30,31)20-11-7-10-19(15-20)25-23(29)17-27-14-8-9-18(16-27)24-26-21-12-5-6-13-22(21)32-24/h5-7,10-13,15,18H,3-4,8-9,14,16-17H2,1-2H3,(H,25,29)/t18-/m1/s1. The van der Waals surface area contributed by atoms with Crippen molar-refractivity contribution >= 4 is 43.2 Å². The largest absolute Gasteiger partial charge is 0.325 e. The van der Waals surface area contributed by atoms with Crippen LogP contribution in [0.4, 0.5) is 5.69 Å². The van der Waals surface area contributed by atoms with Crippen molar-refractivity contribution < 1.29 is 13.2 Å². The van der Waals surface area contributed by atoms with Crippen molar-refractivity contribution in [3.8, 4) is 0 Å². The number of para-hydroxylation sites is 1. The molecule has 4 rings (SSSR count). The molecule has 176 valence electrons. The minimum atomic E-state index is -3.57. The summed E-state index contributed by atoms with van der Waals surface area (Å²) in [7, 11) is -3.57. The monoisotopic (exact) mass is 486 g/mol.